The van der Waals surface area contributed by atoms with Gasteiger partial charge in [0, 0.05) is 37.2 Å². The molecule has 0 spiro atoms. The molecule has 3 heterocycles. The Balaban J connectivity index is 1.45. The van der Waals surface area contributed by atoms with Crippen molar-refractivity contribution in [2.75, 3.05) is 23.7 Å². The number of rotatable bonds is 6. The summed E-state index contributed by atoms with van der Waals surface area (Å²) in [4.78, 5) is 28.6. The van der Waals surface area contributed by atoms with Crippen molar-refractivity contribution in [3.8, 4) is 0 Å². The van der Waals surface area contributed by atoms with Crippen LogP contribution in [-0.2, 0) is 4.79 Å². The zero-order chi connectivity index (χ0) is 24.5. The molecule has 1 aliphatic heterocycles. The van der Waals surface area contributed by atoms with Crippen LogP contribution in [-0.4, -0.2) is 49.5 Å². The van der Waals surface area contributed by atoms with E-state index >= 15 is 0 Å². The summed E-state index contributed by atoms with van der Waals surface area (Å²) in [7, 11) is 0. The number of carbonyl (C=O) groups excluding carboxylic acids is 1. The lowest BCUT2D eigenvalue weighted by Crippen LogP contribution is -2.36. The molecule has 5 rings (SSSR count). The van der Waals surface area contributed by atoms with Gasteiger partial charge in [-0.2, -0.15) is 4.98 Å². The van der Waals surface area contributed by atoms with E-state index in [2.05, 4.69) is 20.6 Å². The number of nitrogens with one attached hydrogen (secondary N) is 2. The number of carbonyl (C=O) groups is 1. The second-order valence-corrected chi connectivity index (χ2v) is 9.79. The second-order valence-electron chi connectivity index (χ2n) is 9.79. The molecule has 2 aromatic heterocycles. The van der Waals surface area contributed by atoms with Crippen molar-refractivity contribution in [3.05, 3.63) is 36.0 Å². The highest BCUT2D eigenvalue weighted by molar-refractivity contribution is 5.79. The predicted octanol–water partition coefficient (Wildman–Crippen LogP) is 5.02. The zero-order valence-electron chi connectivity index (χ0n) is 20.1. The average molecular weight is 484 g/mol. The van der Waals surface area contributed by atoms with Gasteiger partial charge in [-0.15, -0.1) is 0 Å². The van der Waals surface area contributed by atoms with Crippen LogP contribution in [0.2, 0.25) is 0 Å². The van der Waals surface area contributed by atoms with Gasteiger partial charge in [0.15, 0.2) is 5.65 Å². The topological polar surface area (TPSA) is 88.0 Å². The van der Waals surface area contributed by atoms with Crippen molar-refractivity contribution in [1.29, 1.82) is 0 Å². The van der Waals surface area contributed by atoms with Gasteiger partial charge < -0.3 is 15.5 Å². The van der Waals surface area contributed by atoms with Crippen molar-refractivity contribution < 1.29 is 13.6 Å². The lowest BCUT2D eigenvalue weighted by atomic mass is 9.85. The molecular formula is C25H31F2N7O. The molecule has 35 heavy (non-hydrogen) atoms. The highest BCUT2D eigenvalue weighted by atomic mass is 19.1. The van der Waals surface area contributed by atoms with E-state index in [1.54, 1.807) is 6.20 Å². The highest BCUT2D eigenvalue weighted by Crippen LogP contribution is 2.38. The summed E-state index contributed by atoms with van der Waals surface area (Å²) in [5, 5.41) is 6.26. The summed E-state index contributed by atoms with van der Waals surface area (Å²) in [6, 6.07) is 3.60. The van der Waals surface area contributed by atoms with E-state index in [4.69, 9.17) is 4.98 Å². The maximum Gasteiger partial charge on any atom is 0.225 e. The SMILES string of the molecule is CC(C)Nc1ncc2nc(Nc3ccc(F)cc3F)n(C3CCC(C(=O)N4CCCC4)CC3)c2n1. The number of halogens is 2. The van der Waals surface area contributed by atoms with Crippen LogP contribution in [0.4, 0.5) is 26.4 Å². The fourth-order valence-corrected chi connectivity index (χ4v) is 5.14. The van der Waals surface area contributed by atoms with Crippen LogP contribution in [0.25, 0.3) is 11.2 Å². The second kappa shape index (κ2) is 9.75. The van der Waals surface area contributed by atoms with Gasteiger partial charge in [0.25, 0.3) is 0 Å². The lowest BCUT2D eigenvalue weighted by molar-refractivity contribution is -0.135. The van der Waals surface area contributed by atoms with Gasteiger partial charge in [-0.3, -0.25) is 9.36 Å². The number of amides is 1. The van der Waals surface area contributed by atoms with Crippen LogP contribution in [0, 0.1) is 17.6 Å². The maximum absolute atomic E-state index is 14.4. The predicted molar refractivity (Wildman–Crippen MR) is 131 cm³/mol. The Morgan fingerprint density at radius 3 is 2.51 bits per heavy atom. The Morgan fingerprint density at radius 1 is 1.09 bits per heavy atom. The Bertz CT molecular complexity index is 1210. The Morgan fingerprint density at radius 2 is 1.83 bits per heavy atom. The number of aromatic nitrogens is 4. The van der Waals surface area contributed by atoms with E-state index in [-0.39, 0.29) is 29.6 Å². The molecule has 1 saturated heterocycles. The first-order chi connectivity index (χ1) is 16.9. The monoisotopic (exact) mass is 483 g/mol. The van der Waals surface area contributed by atoms with E-state index in [1.807, 2.05) is 23.3 Å². The summed E-state index contributed by atoms with van der Waals surface area (Å²) >= 11 is 0. The lowest BCUT2D eigenvalue weighted by Gasteiger charge is -2.32. The molecule has 0 bridgehead atoms. The molecular weight excluding hydrogens is 452 g/mol. The molecule has 0 radical (unpaired) electrons. The van der Waals surface area contributed by atoms with Crippen LogP contribution >= 0.6 is 0 Å². The quantitative estimate of drug-likeness (QED) is 0.512. The minimum Gasteiger partial charge on any atom is -0.352 e. The normalized spacial score (nSPS) is 20.5. The summed E-state index contributed by atoms with van der Waals surface area (Å²) in [6.07, 6.45) is 6.96. The average Bonchev–Trinajstić information content (AvgIpc) is 3.48. The molecule has 0 unspecified atom stereocenters. The van der Waals surface area contributed by atoms with E-state index in [1.165, 1.54) is 12.1 Å². The van der Waals surface area contributed by atoms with Crippen molar-refractivity contribution in [2.24, 2.45) is 5.92 Å². The maximum atomic E-state index is 14.4. The molecule has 186 valence electrons. The molecule has 2 N–H and O–H groups in total. The van der Waals surface area contributed by atoms with Crippen LogP contribution in [0.5, 0.6) is 0 Å². The molecule has 2 fully saturated rings. The van der Waals surface area contributed by atoms with Crippen LogP contribution in [0.1, 0.15) is 58.4 Å². The summed E-state index contributed by atoms with van der Waals surface area (Å²) in [5.74, 6) is -0.108. The standard InChI is InChI=1S/C25H31F2N7O/c1-15(2)29-24-28-14-21-22(32-24)34(25(31-21)30-20-10-7-17(26)13-19(20)27)18-8-5-16(6-9-18)23(35)33-11-3-4-12-33/h7,10,13-16,18H,3-6,8-9,11-12H2,1-2H3,(H,30,31)(H,28,29,32). The molecule has 3 aromatic rings. The highest BCUT2D eigenvalue weighted by Gasteiger charge is 2.33. The zero-order valence-corrected chi connectivity index (χ0v) is 20.1. The van der Waals surface area contributed by atoms with Crippen molar-refractivity contribution in [2.45, 2.75) is 64.5 Å². The molecule has 1 amide bonds. The van der Waals surface area contributed by atoms with Gasteiger partial charge in [0.05, 0.1) is 11.9 Å². The number of likely N-dealkylation sites (tertiary alicyclic amines) is 1. The molecule has 0 atom stereocenters. The van der Waals surface area contributed by atoms with Crippen molar-refractivity contribution in [3.63, 3.8) is 0 Å². The molecule has 8 nitrogen and oxygen atoms in total. The van der Waals surface area contributed by atoms with Gasteiger partial charge in [-0.25, -0.2) is 18.7 Å². The van der Waals surface area contributed by atoms with Gasteiger partial charge in [0.2, 0.25) is 17.8 Å². The number of fused-ring (bicyclic) bond motifs is 1. The minimum atomic E-state index is -0.697. The third kappa shape index (κ3) is 4.92. The van der Waals surface area contributed by atoms with Crippen LogP contribution < -0.4 is 10.6 Å². The van der Waals surface area contributed by atoms with E-state index < -0.39 is 11.6 Å². The molecule has 1 saturated carbocycles. The minimum absolute atomic E-state index is 0.0374. The summed E-state index contributed by atoms with van der Waals surface area (Å²) < 4.78 is 29.9. The first-order valence-corrected chi connectivity index (χ1v) is 12.4. The number of benzene rings is 1. The van der Waals surface area contributed by atoms with Crippen LogP contribution in [0.3, 0.4) is 0 Å². The van der Waals surface area contributed by atoms with Gasteiger partial charge in [-0.05, 0) is 64.5 Å². The number of anilines is 3. The Labute approximate surface area is 203 Å². The number of hydrogen-bond acceptors (Lipinski definition) is 6. The summed E-state index contributed by atoms with van der Waals surface area (Å²) in [5.41, 5.74) is 1.36. The Hall–Kier alpha value is -3.30. The third-order valence-electron chi connectivity index (χ3n) is 6.86. The third-order valence-corrected chi connectivity index (χ3v) is 6.86. The first kappa shape index (κ1) is 23.4. The number of hydrogen-bond donors (Lipinski definition) is 2. The number of nitrogens with zero attached hydrogens (tertiary/aromatic N) is 5. The van der Waals surface area contributed by atoms with E-state index in [0.29, 0.717) is 23.1 Å². The largest absolute Gasteiger partial charge is 0.352 e. The van der Waals surface area contributed by atoms with Crippen molar-refractivity contribution >= 4 is 34.7 Å². The van der Waals surface area contributed by atoms with Gasteiger partial charge in [-0.1, -0.05) is 0 Å². The van der Waals surface area contributed by atoms with Crippen LogP contribution in [0.15, 0.2) is 24.4 Å². The molecule has 1 aliphatic carbocycles. The molecule has 10 heteroatoms. The van der Waals surface area contributed by atoms with E-state index in [9.17, 15) is 13.6 Å². The van der Waals surface area contributed by atoms with Gasteiger partial charge >= 0.3 is 0 Å². The van der Waals surface area contributed by atoms with Gasteiger partial charge in [0.1, 0.15) is 17.2 Å². The first-order valence-electron chi connectivity index (χ1n) is 12.4. The number of imidazole rings is 1. The fraction of sp³-hybridized carbons (Fsp3) is 0.520. The van der Waals surface area contributed by atoms with Crippen molar-refractivity contribution in [1.82, 2.24) is 24.4 Å². The van der Waals surface area contributed by atoms with E-state index in [0.717, 1.165) is 57.7 Å². The fourth-order valence-electron chi connectivity index (χ4n) is 5.14. The Kier molecular flexibility index (Phi) is 6.53. The molecule has 2 aliphatic rings. The molecule has 1 aromatic carbocycles. The summed E-state index contributed by atoms with van der Waals surface area (Å²) in [6.45, 7) is 5.75. The smallest absolute Gasteiger partial charge is 0.225 e.